The van der Waals surface area contributed by atoms with Gasteiger partial charge in [-0.1, -0.05) is 6.92 Å². The SMILES string of the molecule is CCN(C)[C@H]1COC[C@H]1OC. The van der Waals surface area contributed by atoms with Gasteiger partial charge in [-0.2, -0.15) is 0 Å². The van der Waals surface area contributed by atoms with Gasteiger partial charge in [-0.15, -0.1) is 0 Å². The molecule has 0 spiro atoms. The van der Waals surface area contributed by atoms with E-state index in [-0.39, 0.29) is 6.10 Å². The third-order valence-corrected chi connectivity index (χ3v) is 2.37. The molecule has 0 radical (unpaired) electrons. The van der Waals surface area contributed by atoms with Crippen LogP contribution < -0.4 is 0 Å². The van der Waals surface area contributed by atoms with Crippen molar-refractivity contribution in [2.45, 2.75) is 19.1 Å². The molecule has 0 N–H and O–H groups in total. The predicted molar refractivity (Wildman–Crippen MR) is 43.7 cm³/mol. The van der Waals surface area contributed by atoms with E-state index in [1.165, 1.54) is 0 Å². The molecule has 11 heavy (non-hydrogen) atoms. The van der Waals surface area contributed by atoms with Gasteiger partial charge in [0.2, 0.25) is 0 Å². The molecule has 0 unspecified atom stereocenters. The third kappa shape index (κ3) is 1.92. The van der Waals surface area contributed by atoms with Crippen LogP contribution in [0.3, 0.4) is 0 Å². The minimum atomic E-state index is 0.264. The minimum Gasteiger partial charge on any atom is -0.377 e. The number of ether oxygens (including phenoxy) is 2. The van der Waals surface area contributed by atoms with E-state index in [4.69, 9.17) is 9.47 Å². The zero-order valence-corrected chi connectivity index (χ0v) is 7.54. The van der Waals surface area contributed by atoms with Crippen molar-refractivity contribution in [1.82, 2.24) is 4.90 Å². The number of methoxy groups -OCH3 is 1. The number of nitrogens with zero attached hydrogens (tertiary/aromatic N) is 1. The van der Waals surface area contributed by atoms with Gasteiger partial charge in [0, 0.05) is 7.11 Å². The monoisotopic (exact) mass is 159 g/mol. The highest BCUT2D eigenvalue weighted by molar-refractivity contribution is 4.82. The second kappa shape index (κ2) is 4.04. The lowest BCUT2D eigenvalue weighted by Gasteiger charge is -2.25. The van der Waals surface area contributed by atoms with E-state index in [1.54, 1.807) is 7.11 Å². The van der Waals surface area contributed by atoms with Crippen LogP contribution in [0, 0.1) is 0 Å². The maximum Gasteiger partial charge on any atom is 0.0981 e. The molecule has 1 aliphatic rings. The van der Waals surface area contributed by atoms with Crippen LogP contribution in [-0.4, -0.2) is 51.0 Å². The largest absolute Gasteiger partial charge is 0.377 e. The van der Waals surface area contributed by atoms with Gasteiger partial charge in [-0.25, -0.2) is 0 Å². The normalized spacial score (nSPS) is 31.6. The second-order valence-electron chi connectivity index (χ2n) is 2.95. The van der Waals surface area contributed by atoms with Crippen molar-refractivity contribution in [2.75, 3.05) is 33.9 Å². The molecule has 1 aliphatic heterocycles. The highest BCUT2D eigenvalue weighted by atomic mass is 16.5. The fraction of sp³-hybridized carbons (Fsp3) is 1.00. The van der Waals surface area contributed by atoms with Crippen LogP contribution in [0.15, 0.2) is 0 Å². The summed E-state index contributed by atoms with van der Waals surface area (Å²) in [6.07, 6.45) is 0.264. The molecule has 3 heteroatoms. The number of hydrogen-bond donors (Lipinski definition) is 0. The molecule has 1 fully saturated rings. The Kier molecular flexibility index (Phi) is 3.30. The van der Waals surface area contributed by atoms with Gasteiger partial charge in [-0.3, -0.25) is 4.90 Å². The predicted octanol–water partition coefficient (Wildman–Crippen LogP) is 0.352. The summed E-state index contributed by atoms with van der Waals surface area (Å²) in [6, 6.07) is 0.449. The molecule has 0 amide bonds. The lowest BCUT2D eigenvalue weighted by atomic mass is 10.2. The zero-order chi connectivity index (χ0) is 8.27. The molecule has 3 nitrogen and oxygen atoms in total. The van der Waals surface area contributed by atoms with E-state index in [0.29, 0.717) is 6.04 Å². The number of hydrogen-bond acceptors (Lipinski definition) is 3. The van der Waals surface area contributed by atoms with Crippen molar-refractivity contribution in [2.24, 2.45) is 0 Å². The average Bonchev–Trinajstić information content (AvgIpc) is 2.50. The van der Waals surface area contributed by atoms with Crippen LogP contribution in [0.25, 0.3) is 0 Å². The van der Waals surface area contributed by atoms with Crippen LogP contribution in [-0.2, 0) is 9.47 Å². The Morgan fingerprint density at radius 2 is 2.27 bits per heavy atom. The smallest absolute Gasteiger partial charge is 0.0981 e. The summed E-state index contributed by atoms with van der Waals surface area (Å²) < 4.78 is 10.6. The van der Waals surface area contributed by atoms with Crippen molar-refractivity contribution in [1.29, 1.82) is 0 Å². The van der Waals surface area contributed by atoms with Gasteiger partial charge >= 0.3 is 0 Å². The second-order valence-corrected chi connectivity index (χ2v) is 2.95. The van der Waals surface area contributed by atoms with Crippen molar-refractivity contribution in [3.05, 3.63) is 0 Å². The van der Waals surface area contributed by atoms with E-state index in [2.05, 4.69) is 18.9 Å². The van der Waals surface area contributed by atoms with Crippen LogP contribution in [0.2, 0.25) is 0 Å². The van der Waals surface area contributed by atoms with Gasteiger partial charge < -0.3 is 9.47 Å². The van der Waals surface area contributed by atoms with Crippen LogP contribution >= 0.6 is 0 Å². The topological polar surface area (TPSA) is 21.7 Å². The lowest BCUT2D eigenvalue weighted by Crippen LogP contribution is -2.41. The fourth-order valence-electron chi connectivity index (χ4n) is 1.39. The Hall–Kier alpha value is -0.120. The van der Waals surface area contributed by atoms with Crippen LogP contribution in [0.1, 0.15) is 6.92 Å². The lowest BCUT2D eigenvalue weighted by molar-refractivity contribution is 0.0503. The van der Waals surface area contributed by atoms with Crippen molar-refractivity contribution in [3.63, 3.8) is 0 Å². The standard InChI is InChI=1S/C8H17NO2/c1-4-9(2)7-5-11-6-8(7)10-3/h7-8H,4-6H2,1-3H3/t7-,8+/m0/s1. The maximum atomic E-state index is 5.32. The quantitative estimate of drug-likeness (QED) is 0.593. The molecule has 0 aromatic carbocycles. The first-order chi connectivity index (χ1) is 5.29. The molecule has 1 rings (SSSR count). The summed E-state index contributed by atoms with van der Waals surface area (Å²) in [5.74, 6) is 0. The van der Waals surface area contributed by atoms with Gasteiger partial charge in [0.1, 0.15) is 0 Å². The van der Waals surface area contributed by atoms with E-state index in [9.17, 15) is 0 Å². The molecular weight excluding hydrogens is 142 g/mol. The molecule has 2 atom stereocenters. The Balaban J connectivity index is 2.42. The van der Waals surface area contributed by atoms with Crippen molar-refractivity contribution >= 4 is 0 Å². The first-order valence-corrected chi connectivity index (χ1v) is 4.10. The summed E-state index contributed by atoms with van der Waals surface area (Å²) in [6.45, 7) is 4.74. The Labute approximate surface area is 68.3 Å². The summed E-state index contributed by atoms with van der Waals surface area (Å²) in [5, 5.41) is 0. The van der Waals surface area contributed by atoms with Gasteiger partial charge in [0.05, 0.1) is 25.4 Å². The highest BCUT2D eigenvalue weighted by Crippen LogP contribution is 2.13. The summed E-state index contributed by atoms with van der Waals surface area (Å²) in [7, 11) is 3.85. The fourth-order valence-corrected chi connectivity index (χ4v) is 1.39. The molecule has 0 bridgehead atoms. The molecule has 1 heterocycles. The number of likely N-dealkylation sites (N-methyl/N-ethyl adjacent to an activating group) is 1. The average molecular weight is 159 g/mol. The van der Waals surface area contributed by atoms with Gasteiger partial charge in [-0.05, 0) is 13.6 Å². The molecule has 0 aliphatic carbocycles. The molecule has 0 aromatic rings. The molecule has 0 aromatic heterocycles. The zero-order valence-electron chi connectivity index (χ0n) is 7.54. The first kappa shape index (κ1) is 8.97. The third-order valence-electron chi connectivity index (χ3n) is 2.37. The summed E-state index contributed by atoms with van der Waals surface area (Å²) >= 11 is 0. The Morgan fingerprint density at radius 3 is 2.82 bits per heavy atom. The van der Waals surface area contributed by atoms with E-state index in [1.807, 2.05) is 0 Å². The van der Waals surface area contributed by atoms with Gasteiger partial charge in [0.15, 0.2) is 0 Å². The maximum absolute atomic E-state index is 5.32. The van der Waals surface area contributed by atoms with E-state index in [0.717, 1.165) is 19.8 Å². The molecule has 0 saturated carbocycles. The van der Waals surface area contributed by atoms with Crippen LogP contribution in [0.5, 0.6) is 0 Å². The van der Waals surface area contributed by atoms with E-state index >= 15 is 0 Å². The molecule has 66 valence electrons. The summed E-state index contributed by atoms with van der Waals surface area (Å²) in [5.41, 5.74) is 0. The van der Waals surface area contributed by atoms with Crippen molar-refractivity contribution < 1.29 is 9.47 Å². The highest BCUT2D eigenvalue weighted by Gasteiger charge is 2.30. The minimum absolute atomic E-state index is 0.264. The van der Waals surface area contributed by atoms with Crippen molar-refractivity contribution in [3.8, 4) is 0 Å². The van der Waals surface area contributed by atoms with Gasteiger partial charge in [0.25, 0.3) is 0 Å². The first-order valence-electron chi connectivity index (χ1n) is 4.10. The number of rotatable bonds is 3. The Morgan fingerprint density at radius 1 is 1.55 bits per heavy atom. The Bertz CT molecular complexity index is 119. The molecular formula is C8H17NO2. The van der Waals surface area contributed by atoms with Crippen LogP contribution in [0.4, 0.5) is 0 Å². The summed E-state index contributed by atoms with van der Waals surface area (Å²) in [4.78, 5) is 2.27. The molecule has 1 saturated heterocycles. The van der Waals surface area contributed by atoms with E-state index < -0.39 is 0 Å².